The lowest BCUT2D eigenvalue weighted by molar-refractivity contribution is -0.131. The first-order chi connectivity index (χ1) is 22.1. The van der Waals surface area contributed by atoms with Crippen molar-refractivity contribution in [3.8, 4) is 11.5 Å². The molecule has 2 aromatic carbocycles. The van der Waals surface area contributed by atoms with Crippen LogP contribution in [0.15, 0.2) is 42.5 Å². The number of rotatable bonds is 13. The number of likely N-dealkylation sites (N-methyl/N-ethyl adjacent to an activating group) is 1. The monoisotopic (exact) mass is 653 g/mol. The van der Waals surface area contributed by atoms with Crippen LogP contribution in [0.4, 0.5) is 16.2 Å². The summed E-state index contributed by atoms with van der Waals surface area (Å²) in [7, 11) is 1.69. The van der Waals surface area contributed by atoms with E-state index in [-0.39, 0.29) is 28.7 Å². The van der Waals surface area contributed by atoms with Crippen molar-refractivity contribution in [1.29, 1.82) is 0 Å². The Bertz CT molecular complexity index is 1210. The van der Waals surface area contributed by atoms with Crippen LogP contribution in [0.3, 0.4) is 0 Å². The molecule has 3 atom stereocenters. The second kappa shape index (κ2) is 23.8. The number of ether oxygens (including phenoxy) is 3. The Labute approximate surface area is 277 Å². The molecular formula is C33H59N5O8. The Morgan fingerprint density at radius 2 is 1.46 bits per heavy atom. The third-order valence-corrected chi connectivity index (χ3v) is 6.19. The van der Waals surface area contributed by atoms with E-state index in [0.717, 1.165) is 17.9 Å². The van der Waals surface area contributed by atoms with Crippen LogP contribution in [0.2, 0.25) is 0 Å². The third-order valence-electron chi connectivity index (χ3n) is 6.19. The highest BCUT2D eigenvalue weighted by Crippen LogP contribution is 2.33. The smallest absolute Gasteiger partial charge is 0.454 e. The molecule has 13 nitrogen and oxygen atoms in total. The van der Waals surface area contributed by atoms with Gasteiger partial charge in [0.25, 0.3) is 0 Å². The van der Waals surface area contributed by atoms with E-state index in [1.165, 1.54) is 0 Å². The molecular weight excluding hydrogens is 594 g/mol. The number of nitrogens with two attached hydrogens (primary N) is 1. The molecule has 3 rings (SSSR count). The topological polar surface area (TPSA) is 190 Å². The third kappa shape index (κ3) is 15.5. The Hall–Kier alpha value is -4.52. The second-order valence-electron chi connectivity index (χ2n) is 9.56. The zero-order valence-corrected chi connectivity index (χ0v) is 28.4. The van der Waals surface area contributed by atoms with Gasteiger partial charge >= 0.3 is 6.16 Å². The van der Waals surface area contributed by atoms with E-state index in [1.807, 2.05) is 41.5 Å². The van der Waals surface area contributed by atoms with Gasteiger partial charge in [-0.1, -0.05) is 66.5 Å². The van der Waals surface area contributed by atoms with Crippen molar-refractivity contribution in [3.63, 3.8) is 0 Å². The summed E-state index contributed by atoms with van der Waals surface area (Å²) in [5.74, 6) is 0.418. The van der Waals surface area contributed by atoms with E-state index in [0.29, 0.717) is 43.0 Å². The van der Waals surface area contributed by atoms with E-state index in [1.54, 1.807) is 56.4 Å². The maximum Gasteiger partial charge on any atom is 0.506 e. The molecule has 0 saturated carbocycles. The van der Waals surface area contributed by atoms with Gasteiger partial charge < -0.3 is 46.3 Å². The molecule has 0 aliphatic carbocycles. The number of amides is 3. The molecule has 0 radical (unpaired) electrons. The van der Waals surface area contributed by atoms with Gasteiger partial charge in [0, 0.05) is 21.7 Å². The molecule has 0 bridgehead atoms. The first kappa shape index (κ1) is 41.5. The first-order valence-corrected chi connectivity index (χ1v) is 15.8. The van der Waals surface area contributed by atoms with Crippen molar-refractivity contribution in [2.45, 2.75) is 98.9 Å². The Morgan fingerprint density at radius 1 is 0.870 bits per heavy atom. The van der Waals surface area contributed by atoms with Crippen LogP contribution in [0.1, 0.15) is 84.0 Å². The maximum atomic E-state index is 12.7. The summed E-state index contributed by atoms with van der Waals surface area (Å²) >= 11 is 0. The van der Waals surface area contributed by atoms with Gasteiger partial charge in [0.1, 0.15) is 18.7 Å². The highest BCUT2D eigenvalue weighted by molar-refractivity contribution is 5.98. The largest absolute Gasteiger partial charge is 0.506 e. The number of nitrogen functional groups attached to an aromatic ring is 1. The van der Waals surface area contributed by atoms with Gasteiger partial charge in [0.15, 0.2) is 11.5 Å². The predicted octanol–water partition coefficient (Wildman–Crippen LogP) is 5.79. The quantitative estimate of drug-likeness (QED) is 0.114. The zero-order valence-electron chi connectivity index (χ0n) is 28.4. The summed E-state index contributed by atoms with van der Waals surface area (Å²) in [6.45, 7) is 13.7. The molecule has 2 aromatic rings. The summed E-state index contributed by atoms with van der Waals surface area (Å²) < 4.78 is 14.6. The predicted molar refractivity (Wildman–Crippen MR) is 186 cm³/mol. The van der Waals surface area contributed by atoms with Crippen LogP contribution >= 0.6 is 0 Å². The van der Waals surface area contributed by atoms with Crippen LogP contribution in [0.5, 0.6) is 11.5 Å². The molecule has 0 saturated heterocycles. The molecule has 7 N–H and O–H groups in total. The van der Waals surface area contributed by atoms with Crippen LogP contribution < -0.4 is 36.5 Å². The van der Waals surface area contributed by atoms with Crippen LogP contribution in [0, 0.1) is 0 Å². The lowest BCUT2D eigenvalue weighted by Crippen LogP contribution is -2.54. The minimum atomic E-state index is -1.36. The lowest BCUT2D eigenvalue weighted by atomic mass is 10.1. The highest BCUT2D eigenvalue weighted by atomic mass is 16.7. The molecule has 0 spiro atoms. The van der Waals surface area contributed by atoms with Crippen LogP contribution in [0.25, 0.3) is 0 Å². The fraction of sp³-hybridized carbons (Fsp3) is 0.515. The number of carboxylic acid groups (broad SMARTS) is 1. The Morgan fingerprint density at radius 3 is 2.02 bits per heavy atom. The van der Waals surface area contributed by atoms with Crippen molar-refractivity contribution in [1.82, 2.24) is 16.0 Å². The molecule has 264 valence electrons. The summed E-state index contributed by atoms with van der Waals surface area (Å²) in [6.07, 6.45) is 1.21. The van der Waals surface area contributed by atoms with E-state index in [2.05, 4.69) is 26.0 Å². The Balaban J connectivity index is -0.000000497. The van der Waals surface area contributed by atoms with E-state index >= 15 is 0 Å². The number of carbonyl (C=O) groups is 4. The SMILES string of the molecule is CC.CC.CCC[C@H](NC(=O)[C@H](C)NC(=O)[C@@H](CCC)NC)C(=O)Nc1ccc(COC(=O)O)cc1.Nc1ccc2c(c1)OCO2.[HH].[HH].[HH]. The molecule has 46 heavy (non-hydrogen) atoms. The number of fused-ring (bicyclic) bond motifs is 1. The van der Waals surface area contributed by atoms with Crippen molar-refractivity contribution < 1.29 is 42.8 Å². The molecule has 3 amide bonds. The Kier molecular flexibility index (Phi) is 21.5. The van der Waals surface area contributed by atoms with Crippen LogP contribution in [-0.4, -0.2) is 60.9 Å². The van der Waals surface area contributed by atoms with Gasteiger partial charge in [0.2, 0.25) is 24.5 Å². The maximum absolute atomic E-state index is 12.7. The van der Waals surface area contributed by atoms with Crippen LogP contribution in [-0.2, 0) is 25.7 Å². The normalized spacial score (nSPS) is 12.5. The van der Waals surface area contributed by atoms with E-state index in [4.69, 9.17) is 20.3 Å². The number of carbonyl (C=O) groups excluding carboxylic acids is 3. The zero-order chi connectivity index (χ0) is 35.1. The number of nitrogens with one attached hydrogen (secondary N) is 4. The van der Waals surface area contributed by atoms with Gasteiger partial charge in [0.05, 0.1) is 6.04 Å². The minimum Gasteiger partial charge on any atom is -0.454 e. The molecule has 1 heterocycles. The molecule has 1 aliphatic rings. The number of hydrogen-bond donors (Lipinski definition) is 6. The summed E-state index contributed by atoms with van der Waals surface area (Å²) in [6, 6.07) is 9.92. The van der Waals surface area contributed by atoms with Crippen molar-refractivity contribution in [2.24, 2.45) is 0 Å². The van der Waals surface area contributed by atoms with Gasteiger partial charge in [-0.05, 0) is 56.6 Å². The molecule has 1 aliphatic heterocycles. The lowest BCUT2D eigenvalue weighted by Gasteiger charge is -2.22. The summed E-state index contributed by atoms with van der Waals surface area (Å²) in [5.41, 5.74) is 7.33. The fourth-order valence-corrected chi connectivity index (χ4v) is 3.90. The second-order valence-corrected chi connectivity index (χ2v) is 9.56. The summed E-state index contributed by atoms with van der Waals surface area (Å²) in [4.78, 5) is 48.0. The highest BCUT2D eigenvalue weighted by Gasteiger charge is 2.25. The van der Waals surface area contributed by atoms with Crippen molar-refractivity contribution in [2.75, 3.05) is 24.9 Å². The van der Waals surface area contributed by atoms with E-state index in [9.17, 15) is 19.2 Å². The van der Waals surface area contributed by atoms with Crippen molar-refractivity contribution in [3.05, 3.63) is 48.0 Å². The van der Waals surface area contributed by atoms with Gasteiger partial charge in [-0.25, -0.2) is 4.79 Å². The number of benzene rings is 2. The number of anilines is 2. The number of hydrogen-bond acceptors (Lipinski definition) is 9. The minimum absolute atomic E-state index is 0. The average molecular weight is 654 g/mol. The molecule has 13 heteroatoms. The summed E-state index contributed by atoms with van der Waals surface area (Å²) in [5, 5.41) is 19.6. The molecule has 0 unspecified atom stereocenters. The van der Waals surface area contributed by atoms with Gasteiger partial charge in [-0.3, -0.25) is 14.4 Å². The van der Waals surface area contributed by atoms with Gasteiger partial charge in [-0.2, -0.15) is 0 Å². The molecule has 0 aromatic heterocycles. The average Bonchev–Trinajstić information content (AvgIpc) is 3.53. The van der Waals surface area contributed by atoms with E-state index < -0.39 is 24.1 Å². The van der Waals surface area contributed by atoms with Gasteiger partial charge in [-0.15, -0.1) is 0 Å². The first-order valence-electron chi connectivity index (χ1n) is 15.8. The molecule has 0 fully saturated rings. The fourth-order valence-electron chi connectivity index (χ4n) is 3.90. The standard InChI is InChI=1S/C22H34N4O6.C7H7NO2.2C2H6.3H2/c1-5-7-17(23-4)20(28)24-14(3)19(27)26-18(8-6-2)21(29)25-16-11-9-15(10-12-16)13-32-22(30)31;8-5-1-2-6-7(3-5)10-4-9-6;2*1-2;;;/h9-12,14,17-18,23H,5-8,13H2,1-4H3,(H,24,28)(H,25,29)(H,26,27)(H,30,31);1-3H,4,8H2;2*1-2H3;3*1H/t14-,17+,18-;;;;;;/m0....../s1. The van der Waals surface area contributed by atoms with Crippen molar-refractivity contribution >= 4 is 35.3 Å².